The molecule has 1 amide bonds. The van der Waals surface area contributed by atoms with Gasteiger partial charge in [-0.2, -0.15) is 0 Å². The Morgan fingerprint density at radius 3 is 2.24 bits per heavy atom. The fourth-order valence-corrected chi connectivity index (χ4v) is 3.23. The molecule has 29 heavy (non-hydrogen) atoms. The molecule has 0 saturated carbocycles. The van der Waals surface area contributed by atoms with Crippen LogP contribution in [-0.2, 0) is 19.7 Å². The molecule has 0 aliphatic heterocycles. The van der Waals surface area contributed by atoms with Crippen molar-refractivity contribution in [2.45, 2.75) is 46.0 Å². The van der Waals surface area contributed by atoms with E-state index in [0.29, 0.717) is 11.3 Å². The van der Waals surface area contributed by atoms with Gasteiger partial charge in [0.15, 0.2) is 12.4 Å². The van der Waals surface area contributed by atoms with Crippen molar-refractivity contribution in [2.24, 2.45) is 0 Å². The number of aryl methyl sites for hydroxylation is 1. The van der Waals surface area contributed by atoms with Gasteiger partial charge >= 0.3 is 5.97 Å². The Kier molecular flexibility index (Phi) is 7.73. The Labute approximate surface area is 180 Å². The zero-order valence-electron chi connectivity index (χ0n) is 17.2. The maximum atomic E-state index is 12.3. The predicted molar refractivity (Wildman–Crippen MR) is 117 cm³/mol. The molecule has 0 aromatic heterocycles. The van der Waals surface area contributed by atoms with Gasteiger partial charge in [-0.05, 0) is 51.5 Å². The number of anilines is 1. The van der Waals surface area contributed by atoms with Crippen LogP contribution in [0.25, 0.3) is 0 Å². The Hall–Kier alpha value is -2.47. The number of halogens is 1. The molecule has 0 aliphatic carbocycles. The van der Waals surface area contributed by atoms with Gasteiger partial charge in [0, 0.05) is 16.5 Å². The summed E-state index contributed by atoms with van der Waals surface area (Å²) in [5.41, 5.74) is 3.37. The van der Waals surface area contributed by atoms with Crippen molar-refractivity contribution in [1.29, 1.82) is 0 Å². The largest absolute Gasteiger partial charge is 0.456 e. The summed E-state index contributed by atoms with van der Waals surface area (Å²) >= 11 is 3.37. The summed E-state index contributed by atoms with van der Waals surface area (Å²) in [6.07, 6.45) is -0.0276. The topological polar surface area (TPSA) is 72.5 Å². The minimum Gasteiger partial charge on any atom is -0.456 e. The Balaban J connectivity index is 1.77. The molecule has 0 fully saturated rings. The highest BCUT2D eigenvalue weighted by Gasteiger charge is 2.16. The number of Topliss-reactive ketones (excluding diaryl/α,β-unsaturated/α-hetero) is 1. The number of amides is 1. The molecule has 0 aliphatic rings. The maximum absolute atomic E-state index is 12.3. The lowest BCUT2D eigenvalue weighted by Crippen LogP contribution is -2.21. The van der Waals surface area contributed by atoms with Crippen molar-refractivity contribution in [1.82, 2.24) is 0 Å². The lowest BCUT2D eigenvalue weighted by molar-refractivity contribution is -0.147. The SMILES string of the molecule is Cc1ccc(NC(=O)COC(=O)CCC(=O)c2ccc(C(C)(C)C)cc2)c(Br)c1. The van der Waals surface area contributed by atoms with Crippen molar-refractivity contribution in [3.63, 3.8) is 0 Å². The molecule has 1 N–H and O–H groups in total. The molecule has 0 saturated heterocycles. The van der Waals surface area contributed by atoms with Gasteiger partial charge in [-0.3, -0.25) is 14.4 Å². The number of ether oxygens (including phenoxy) is 1. The summed E-state index contributed by atoms with van der Waals surface area (Å²) in [7, 11) is 0. The molecule has 0 heterocycles. The number of hydrogen-bond acceptors (Lipinski definition) is 4. The van der Waals surface area contributed by atoms with Gasteiger partial charge in [-0.15, -0.1) is 0 Å². The van der Waals surface area contributed by atoms with E-state index < -0.39 is 18.5 Å². The summed E-state index contributed by atoms with van der Waals surface area (Å²) in [6.45, 7) is 7.86. The maximum Gasteiger partial charge on any atom is 0.306 e. The van der Waals surface area contributed by atoms with Gasteiger partial charge in [0.25, 0.3) is 5.91 Å². The van der Waals surface area contributed by atoms with E-state index in [1.54, 1.807) is 18.2 Å². The van der Waals surface area contributed by atoms with Crippen LogP contribution in [0.2, 0.25) is 0 Å². The molecule has 0 spiro atoms. The highest BCUT2D eigenvalue weighted by Crippen LogP contribution is 2.24. The molecular formula is C23H26BrNO4. The first-order chi connectivity index (χ1) is 13.6. The van der Waals surface area contributed by atoms with E-state index in [0.717, 1.165) is 15.6 Å². The van der Waals surface area contributed by atoms with Crippen LogP contribution in [0.1, 0.15) is 55.1 Å². The van der Waals surface area contributed by atoms with Crippen molar-refractivity contribution in [3.8, 4) is 0 Å². The zero-order chi connectivity index (χ0) is 21.6. The average Bonchev–Trinajstić information content (AvgIpc) is 2.66. The van der Waals surface area contributed by atoms with Crippen LogP contribution in [0.5, 0.6) is 0 Å². The number of nitrogens with one attached hydrogen (secondary N) is 1. The van der Waals surface area contributed by atoms with Crippen molar-refractivity contribution >= 4 is 39.3 Å². The quantitative estimate of drug-likeness (QED) is 0.456. The third kappa shape index (κ3) is 7.13. The van der Waals surface area contributed by atoms with Crippen LogP contribution in [0, 0.1) is 6.92 Å². The summed E-state index contributed by atoms with van der Waals surface area (Å²) in [5, 5.41) is 2.67. The van der Waals surface area contributed by atoms with Gasteiger partial charge < -0.3 is 10.1 Å². The number of rotatable bonds is 7. The van der Waals surface area contributed by atoms with Crippen LogP contribution in [0.4, 0.5) is 5.69 Å². The molecule has 0 bridgehead atoms. The normalized spacial score (nSPS) is 11.1. The van der Waals surface area contributed by atoms with E-state index in [1.165, 1.54) is 0 Å². The number of hydrogen-bond donors (Lipinski definition) is 1. The molecule has 5 nitrogen and oxygen atoms in total. The summed E-state index contributed by atoms with van der Waals surface area (Å²) in [5.74, 6) is -1.15. The first-order valence-electron chi connectivity index (χ1n) is 9.41. The number of benzene rings is 2. The van der Waals surface area contributed by atoms with Gasteiger partial charge in [0.05, 0.1) is 12.1 Å². The predicted octanol–water partition coefficient (Wildman–Crippen LogP) is 5.20. The molecule has 154 valence electrons. The Bertz CT molecular complexity index is 898. The van der Waals surface area contributed by atoms with Gasteiger partial charge in [0.2, 0.25) is 0 Å². The number of esters is 1. The van der Waals surface area contributed by atoms with E-state index >= 15 is 0 Å². The van der Waals surface area contributed by atoms with Gasteiger partial charge in [-0.1, -0.05) is 51.1 Å². The molecule has 2 rings (SSSR count). The summed E-state index contributed by atoms with van der Waals surface area (Å²) in [4.78, 5) is 36.1. The summed E-state index contributed by atoms with van der Waals surface area (Å²) < 4.78 is 5.72. The van der Waals surface area contributed by atoms with E-state index in [4.69, 9.17) is 4.74 Å². The Morgan fingerprint density at radius 2 is 1.66 bits per heavy atom. The van der Waals surface area contributed by atoms with E-state index in [2.05, 4.69) is 42.0 Å². The number of carbonyl (C=O) groups is 3. The van der Waals surface area contributed by atoms with Crippen LogP contribution >= 0.6 is 15.9 Å². The number of ketones is 1. The third-order valence-corrected chi connectivity index (χ3v) is 5.05. The molecule has 6 heteroatoms. The van der Waals surface area contributed by atoms with E-state index in [1.807, 2.05) is 31.2 Å². The second-order valence-corrected chi connectivity index (χ2v) is 8.80. The van der Waals surface area contributed by atoms with E-state index in [9.17, 15) is 14.4 Å². The van der Waals surface area contributed by atoms with Gasteiger partial charge in [0.1, 0.15) is 0 Å². The molecule has 0 radical (unpaired) electrons. The minimum absolute atomic E-state index is 0.0140. The van der Waals surface area contributed by atoms with Crippen LogP contribution in [-0.4, -0.2) is 24.3 Å². The monoisotopic (exact) mass is 459 g/mol. The fourth-order valence-electron chi connectivity index (χ4n) is 2.64. The molecule has 0 unspecified atom stereocenters. The fraction of sp³-hybridized carbons (Fsp3) is 0.348. The lowest BCUT2D eigenvalue weighted by atomic mass is 9.86. The average molecular weight is 460 g/mol. The standard InChI is InChI=1S/C23H26BrNO4/c1-15-5-10-19(18(24)13-15)25-21(27)14-29-22(28)12-11-20(26)16-6-8-17(9-7-16)23(2,3)4/h5-10,13H,11-12,14H2,1-4H3,(H,25,27). The molecule has 2 aromatic rings. The summed E-state index contributed by atoms with van der Waals surface area (Å²) in [6, 6.07) is 12.9. The van der Waals surface area contributed by atoms with Crippen molar-refractivity contribution in [3.05, 3.63) is 63.6 Å². The van der Waals surface area contributed by atoms with Gasteiger partial charge in [-0.25, -0.2) is 0 Å². The first-order valence-corrected chi connectivity index (χ1v) is 10.2. The second-order valence-electron chi connectivity index (χ2n) is 7.94. The van der Waals surface area contributed by atoms with Crippen LogP contribution < -0.4 is 5.32 Å². The number of carbonyl (C=O) groups excluding carboxylic acids is 3. The minimum atomic E-state index is -0.581. The molecular weight excluding hydrogens is 434 g/mol. The second kappa shape index (κ2) is 9.83. The lowest BCUT2D eigenvalue weighted by Gasteiger charge is -2.18. The first kappa shape index (κ1) is 22.8. The molecule has 2 aromatic carbocycles. The highest BCUT2D eigenvalue weighted by molar-refractivity contribution is 9.10. The zero-order valence-corrected chi connectivity index (χ0v) is 18.8. The van der Waals surface area contributed by atoms with Crippen molar-refractivity contribution in [2.75, 3.05) is 11.9 Å². The molecule has 0 atom stereocenters. The van der Waals surface area contributed by atoms with Crippen LogP contribution in [0.15, 0.2) is 46.9 Å². The van der Waals surface area contributed by atoms with E-state index in [-0.39, 0.29) is 24.0 Å². The van der Waals surface area contributed by atoms with Crippen LogP contribution in [0.3, 0.4) is 0 Å². The smallest absolute Gasteiger partial charge is 0.306 e. The third-order valence-electron chi connectivity index (χ3n) is 4.39. The highest BCUT2D eigenvalue weighted by atomic mass is 79.9. The van der Waals surface area contributed by atoms with Crippen molar-refractivity contribution < 1.29 is 19.1 Å². The Morgan fingerprint density at radius 1 is 1.00 bits per heavy atom.